The Morgan fingerprint density at radius 3 is 2.73 bits per heavy atom. The molecule has 2 aliphatic rings. The molecule has 0 aromatic heterocycles. The van der Waals surface area contributed by atoms with Gasteiger partial charge in [0.05, 0.1) is 6.10 Å². The van der Waals surface area contributed by atoms with Gasteiger partial charge in [0, 0.05) is 12.5 Å². The molecule has 3 unspecified atom stereocenters. The van der Waals surface area contributed by atoms with Gasteiger partial charge < -0.3 is 4.74 Å². The lowest BCUT2D eigenvalue weighted by molar-refractivity contribution is 0.0669. The van der Waals surface area contributed by atoms with Crippen molar-refractivity contribution >= 4 is 0 Å². The second-order valence-electron chi connectivity index (χ2n) is 4.69. The van der Waals surface area contributed by atoms with Crippen LogP contribution >= 0.6 is 0 Å². The highest BCUT2D eigenvalue weighted by Gasteiger charge is 2.49. The largest absolute Gasteiger partial charge is 0.380 e. The minimum Gasteiger partial charge on any atom is -0.380 e. The van der Waals surface area contributed by atoms with E-state index in [1.165, 1.54) is 18.4 Å². The van der Waals surface area contributed by atoms with Gasteiger partial charge in [-0.05, 0) is 24.3 Å². The highest BCUT2D eigenvalue weighted by atomic mass is 16.5. The molecule has 2 bridgehead atoms. The molecule has 0 heterocycles. The molecule has 0 N–H and O–H groups in total. The van der Waals surface area contributed by atoms with Crippen molar-refractivity contribution < 1.29 is 4.74 Å². The van der Waals surface area contributed by atoms with Gasteiger partial charge in [-0.15, -0.1) is 0 Å². The molecule has 1 aromatic carbocycles. The Labute approximate surface area is 90.8 Å². The van der Waals surface area contributed by atoms with Crippen LogP contribution in [0.4, 0.5) is 0 Å². The van der Waals surface area contributed by atoms with Crippen LogP contribution in [0.15, 0.2) is 42.5 Å². The SMILES string of the molecule is COC1CC2C=CC1(c1ccccc1)C2. The van der Waals surface area contributed by atoms with Gasteiger partial charge in [0.25, 0.3) is 0 Å². The summed E-state index contributed by atoms with van der Waals surface area (Å²) in [5.74, 6) is 0.732. The maximum absolute atomic E-state index is 5.65. The molecule has 0 spiro atoms. The highest BCUT2D eigenvalue weighted by molar-refractivity contribution is 5.39. The smallest absolute Gasteiger partial charge is 0.0708 e. The van der Waals surface area contributed by atoms with Crippen molar-refractivity contribution in [2.75, 3.05) is 7.11 Å². The summed E-state index contributed by atoms with van der Waals surface area (Å²) in [4.78, 5) is 0. The van der Waals surface area contributed by atoms with Crippen molar-refractivity contribution in [1.82, 2.24) is 0 Å². The fourth-order valence-corrected chi connectivity index (χ4v) is 3.22. The zero-order chi connectivity index (χ0) is 10.3. The molecule has 1 saturated carbocycles. The number of hydrogen-bond acceptors (Lipinski definition) is 1. The number of rotatable bonds is 2. The number of methoxy groups -OCH3 is 1. The van der Waals surface area contributed by atoms with Gasteiger partial charge in [-0.2, -0.15) is 0 Å². The van der Waals surface area contributed by atoms with Gasteiger partial charge in [-0.25, -0.2) is 0 Å². The van der Waals surface area contributed by atoms with Crippen molar-refractivity contribution in [2.45, 2.75) is 24.4 Å². The van der Waals surface area contributed by atoms with Crippen LogP contribution in [0.1, 0.15) is 18.4 Å². The molecule has 0 aliphatic heterocycles. The van der Waals surface area contributed by atoms with Gasteiger partial charge in [0.15, 0.2) is 0 Å². The minimum absolute atomic E-state index is 0.167. The molecule has 0 radical (unpaired) electrons. The predicted octanol–water partition coefficient (Wildman–Crippen LogP) is 2.92. The summed E-state index contributed by atoms with van der Waals surface area (Å²) in [7, 11) is 1.84. The molecular formula is C14H16O. The van der Waals surface area contributed by atoms with Gasteiger partial charge >= 0.3 is 0 Å². The second kappa shape index (κ2) is 3.21. The fourth-order valence-electron chi connectivity index (χ4n) is 3.22. The molecule has 1 fully saturated rings. The molecule has 15 heavy (non-hydrogen) atoms. The average molecular weight is 200 g/mol. The van der Waals surface area contributed by atoms with Gasteiger partial charge in [0.1, 0.15) is 0 Å². The first-order chi connectivity index (χ1) is 7.35. The van der Waals surface area contributed by atoms with E-state index >= 15 is 0 Å². The van der Waals surface area contributed by atoms with Crippen LogP contribution in [0.5, 0.6) is 0 Å². The van der Waals surface area contributed by atoms with Gasteiger partial charge in [-0.1, -0.05) is 42.5 Å². The fraction of sp³-hybridized carbons (Fsp3) is 0.429. The zero-order valence-electron chi connectivity index (χ0n) is 9.02. The minimum atomic E-state index is 0.167. The first kappa shape index (κ1) is 9.17. The van der Waals surface area contributed by atoms with Crippen LogP contribution in [0.2, 0.25) is 0 Å². The van der Waals surface area contributed by atoms with E-state index < -0.39 is 0 Å². The third-order valence-corrected chi connectivity index (χ3v) is 3.95. The van der Waals surface area contributed by atoms with Crippen molar-refractivity contribution in [1.29, 1.82) is 0 Å². The summed E-state index contributed by atoms with van der Waals surface area (Å²) in [6.45, 7) is 0. The number of hydrogen-bond donors (Lipinski definition) is 0. The third-order valence-electron chi connectivity index (χ3n) is 3.95. The maximum Gasteiger partial charge on any atom is 0.0708 e. The summed E-state index contributed by atoms with van der Waals surface area (Å²) < 4.78 is 5.65. The monoisotopic (exact) mass is 200 g/mol. The summed E-state index contributed by atoms with van der Waals surface area (Å²) in [6, 6.07) is 10.8. The molecule has 0 saturated heterocycles. The molecule has 3 atom stereocenters. The van der Waals surface area contributed by atoms with E-state index in [1.54, 1.807) is 0 Å². The Morgan fingerprint density at radius 1 is 1.27 bits per heavy atom. The number of ether oxygens (including phenoxy) is 1. The van der Waals surface area contributed by atoms with E-state index in [1.807, 2.05) is 7.11 Å². The Balaban J connectivity index is 2.06. The van der Waals surface area contributed by atoms with Crippen LogP contribution in [0.3, 0.4) is 0 Å². The Bertz CT molecular complexity index is 382. The van der Waals surface area contributed by atoms with E-state index in [2.05, 4.69) is 42.5 Å². The molecule has 2 aliphatic carbocycles. The van der Waals surface area contributed by atoms with Crippen molar-refractivity contribution in [2.24, 2.45) is 5.92 Å². The quantitative estimate of drug-likeness (QED) is 0.667. The van der Waals surface area contributed by atoms with E-state index in [0.29, 0.717) is 6.10 Å². The van der Waals surface area contributed by atoms with Crippen LogP contribution in [0, 0.1) is 5.92 Å². The average Bonchev–Trinajstić information content (AvgIpc) is 2.88. The lowest BCUT2D eigenvalue weighted by Gasteiger charge is -2.31. The third kappa shape index (κ3) is 1.19. The lowest BCUT2D eigenvalue weighted by Crippen LogP contribution is -2.33. The van der Waals surface area contributed by atoms with Gasteiger partial charge in [-0.3, -0.25) is 0 Å². The first-order valence-corrected chi connectivity index (χ1v) is 5.63. The van der Waals surface area contributed by atoms with Crippen molar-refractivity contribution in [3.63, 3.8) is 0 Å². The normalized spacial score (nSPS) is 37.4. The van der Waals surface area contributed by atoms with E-state index in [0.717, 1.165) is 5.92 Å². The summed E-state index contributed by atoms with van der Waals surface area (Å²) >= 11 is 0. The molecule has 0 amide bonds. The number of fused-ring (bicyclic) bond motifs is 2. The lowest BCUT2D eigenvalue weighted by atomic mass is 9.78. The predicted molar refractivity (Wildman–Crippen MR) is 60.8 cm³/mol. The summed E-state index contributed by atoms with van der Waals surface area (Å²) in [5.41, 5.74) is 1.58. The first-order valence-electron chi connectivity index (χ1n) is 5.63. The second-order valence-corrected chi connectivity index (χ2v) is 4.69. The maximum atomic E-state index is 5.65. The standard InChI is InChI=1S/C14H16O/c1-15-13-9-11-7-8-14(13,10-11)12-5-3-2-4-6-12/h2-8,11,13H,9-10H2,1H3. The zero-order valence-corrected chi connectivity index (χ0v) is 9.02. The van der Waals surface area contributed by atoms with Crippen LogP contribution in [0.25, 0.3) is 0 Å². The number of benzene rings is 1. The summed E-state index contributed by atoms with van der Waals surface area (Å²) in [5, 5.41) is 0. The van der Waals surface area contributed by atoms with E-state index in [9.17, 15) is 0 Å². The van der Waals surface area contributed by atoms with E-state index in [4.69, 9.17) is 4.74 Å². The Hall–Kier alpha value is -1.08. The topological polar surface area (TPSA) is 9.23 Å². The molecule has 1 aromatic rings. The Kier molecular flexibility index (Phi) is 1.96. The highest BCUT2D eigenvalue weighted by Crippen LogP contribution is 2.51. The summed E-state index contributed by atoms with van der Waals surface area (Å²) in [6.07, 6.45) is 7.51. The number of allylic oxidation sites excluding steroid dienone is 1. The molecular weight excluding hydrogens is 184 g/mol. The van der Waals surface area contributed by atoms with Crippen molar-refractivity contribution in [3.8, 4) is 0 Å². The van der Waals surface area contributed by atoms with Crippen LogP contribution in [-0.2, 0) is 10.2 Å². The molecule has 3 rings (SSSR count). The van der Waals surface area contributed by atoms with Crippen LogP contribution in [-0.4, -0.2) is 13.2 Å². The molecule has 1 heteroatoms. The van der Waals surface area contributed by atoms with E-state index in [-0.39, 0.29) is 5.41 Å². The Morgan fingerprint density at radius 2 is 2.07 bits per heavy atom. The van der Waals surface area contributed by atoms with Gasteiger partial charge in [0.2, 0.25) is 0 Å². The molecule has 78 valence electrons. The van der Waals surface area contributed by atoms with Crippen molar-refractivity contribution in [3.05, 3.63) is 48.0 Å². The van der Waals surface area contributed by atoms with Crippen LogP contribution < -0.4 is 0 Å². The molecule has 1 nitrogen and oxygen atoms in total.